The van der Waals surface area contributed by atoms with E-state index in [1.165, 1.54) is 30.7 Å². The summed E-state index contributed by atoms with van der Waals surface area (Å²) in [7, 11) is 0. The molecule has 1 saturated heterocycles. The fraction of sp³-hybridized carbons (Fsp3) is 0.529. The Hall–Kier alpha value is -1.75. The van der Waals surface area contributed by atoms with E-state index in [-0.39, 0.29) is 12.2 Å². The predicted molar refractivity (Wildman–Crippen MR) is 81.3 cm³/mol. The van der Waals surface area contributed by atoms with Gasteiger partial charge in [0.25, 0.3) is 0 Å². The fourth-order valence-corrected chi connectivity index (χ4v) is 3.07. The summed E-state index contributed by atoms with van der Waals surface area (Å²) in [6, 6.07) is 5.30. The average Bonchev–Trinajstić information content (AvgIpc) is 2.46. The van der Waals surface area contributed by atoms with Crippen molar-refractivity contribution in [2.24, 2.45) is 11.8 Å². The van der Waals surface area contributed by atoms with Crippen LogP contribution in [0.3, 0.4) is 0 Å². The van der Waals surface area contributed by atoms with Gasteiger partial charge in [-0.25, -0.2) is 4.39 Å². The number of likely N-dealkylation sites (tertiary alicyclic amines) is 1. The Labute approximate surface area is 129 Å². The van der Waals surface area contributed by atoms with Gasteiger partial charge >= 0.3 is 5.97 Å². The van der Waals surface area contributed by atoms with Gasteiger partial charge in [0.2, 0.25) is 0 Å². The molecule has 1 aliphatic heterocycles. The van der Waals surface area contributed by atoms with Gasteiger partial charge in [0.15, 0.2) is 5.78 Å². The number of hydrogen-bond donors (Lipinski definition) is 1. The maximum atomic E-state index is 13.0. The molecule has 0 aromatic heterocycles. The molecule has 2 unspecified atom stereocenters. The third-order valence-corrected chi connectivity index (χ3v) is 4.14. The van der Waals surface area contributed by atoms with Gasteiger partial charge in [-0.1, -0.05) is 6.92 Å². The smallest absolute Gasteiger partial charge is 0.304 e. The molecular formula is C17H22FNO3. The molecule has 0 bridgehead atoms. The van der Waals surface area contributed by atoms with Crippen LogP contribution in [0.1, 0.15) is 36.5 Å². The fourth-order valence-electron chi connectivity index (χ4n) is 3.07. The zero-order valence-electron chi connectivity index (χ0n) is 12.8. The Morgan fingerprint density at radius 1 is 1.36 bits per heavy atom. The van der Waals surface area contributed by atoms with Gasteiger partial charge in [0.1, 0.15) is 5.82 Å². The van der Waals surface area contributed by atoms with Crippen molar-refractivity contribution in [1.29, 1.82) is 0 Å². The molecule has 0 spiro atoms. The average molecular weight is 307 g/mol. The number of aliphatic carboxylic acids is 1. The standard InChI is InChI=1S/C17H22FNO3/c1-12-3-2-8-19(10-12)11-14(9-16(20)21)17(22)13-4-6-15(18)7-5-13/h4-7,12,14H,2-3,8-11H2,1H3,(H,20,21). The van der Waals surface area contributed by atoms with E-state index in [1.807, 2.05) is 0 Å². The van der Waals surface area contributed by atoms with Crippen molar-refractivity contribution in [3.05, 3.63) is 35.6 Å². The predicted octanol–water partition coefficient (Wildman–Crippen LogP) is 2.83. The molecule has 2 atom stereocenters. The minimum absolute atomic E-state index is 0.193. The summed E-state index contributed by atoms with van der Waals surface area (Å²) in [5.74, 6) is -1.63. The van der Waals surface area contributed by atoms with Crippen molar-refractivity contribution in [2.75, 3.05) is 19.6 Å². The number of piperidine rings is 1. The molecule has 4 nitrogen and oxygen atoms in total. The van der Waals surface area contributed by atoms with Gasteiger partial charge in [-0.05, 0) is 49.6 Å². The molecule has 22 heavy (non-hydrogen) atoms. The first kappa shape index (κ1) is 16.6. The van der Waals surface area contributed by atoms with Crippen LogP contribution in [0.5, 0.6) is 0 Å². The zero-order chi connectivity index (χ0) is 16.1. The minimum atomic E-state index is -0.981. The zero-order valence-corrected chi connectivity index (χ0v) is 12.8. The molecular weight excluding hydrogens is 285 g/mol. The first-order chi connectivity index (χ1) is 10.5. The maximum absolute atomic E-state index is 13.0. The molecule has 0 aliphatic carbocycles. The highest BCUT2D eigenvalue weighted by Crippen LogP contribution is 2.20. The highest BCUT2D eigenvalue weighted by atomic mass is 19.1. The summed E-state index contributed by atoms with van der Waals surface area (Å²) in [4.78, 5) is 25.8. The van der Waals surface area contributed by atoms with Gasteiger partial charge in [-0.3, -0.25) is 9.59 Å². The van der Waals surface area contributed by atoms with Crippen molar-refractivity contribution in [3.8, 4) is 0 Å². The van der Waals surface area contributed by atoms with Crippen molar-refractivity contribution in [1.82, 2.24) is 4.90 Å². The molecule has 120 valence electrons. The number of benzene rings is 1. The van der Waals surface area contributed by atoms with Crippen LogP contribution in [0.15, 0.2) is 24.3 Å². The second kappa shape index (κ2) is 7.49. The normalized spacial score (nSPS) is 20.5. The number of halogens is 1. The summed E-state index contributed by atoms with van der Waals surface area (Å²) in [6.07, 6.45) is 2.05. The topological polar surface area (TPSA) is 57.6 Å². The van der Waals surface area contributed by atoms with Crippen LogP contribution in [0.4, 0.5) is 4.39 Å². The van der Waals surface area contributed by atoms with E-state index in [0.29, 0.717) is 18.0 Å². The summed E-state index contributed by atoms with van der Waals surface area (Å²) in [5.41, 5.74) is 0.373. The second-order valence-corrected chi connectivity index (χ2v) is 6.17. The number of carboxylic acid groups (broad SMARTS) is 1. The van der Waals surface area contributed by atoms with E-state index in [1.54, 1.807) is 0 Å². The molecule has 0 amide bonds. The highest BCUT2D eigenvalue weighted by Gasteiger charge is 2.27. The first-order valence-corrected chi connectivity index (χ1v) is 7.69. The first-order valence-electron chi connectivity index (χ1n) is 7.69. The molecule has 2 rings (SSSR count). The van der Waals surface area contributed by atoms with Gasteiger partial charge in [0, 0.05) is 24.6 Å². The van der Waals surface area contributed by atoms with Crippen molar-refractivity contribution in [2.45, 2.75) is 26.2 Å². The summed E-state index contributed by atoms with van der Waals surface area (Å²) >= 11 is 0. The van der Waals surface area contributed by atoms with Crippen LogP contribution < -0.4 is 0 Å². The molecule has 5 heteroatoms. The van der Waals surface area contributed by atoms with Crippen LogP contribution in [0, 0.1) is 17.7 Å². The van der Waals surface area contributed by atoms with E-state index in [4.69, 9.17) is 5.11 Å². The van der Waals surface area contributed by atoms with E-state index in [0.717, 1.165) is 19.5 Å². The molecule has 1 aromatic rings. The molecule has 0 radical (unpaired) electrons. The number of carboxylic acids is 1. The van der Waals surface area contributed by atoms with Gasteiger partial charge in [-0.2, -0.15) is 0 Å². The molecule has 1 fully saturated rings. The van der Waals surface area contributed by atoms with Crippen molar-refractivity contribution >= 4 is 11.8 Å². The van der Waals surface area contributed by atoms with E-state index in [9.17, 15) is 14.0 Å². The SMILES string of the molecule is CC1CCCN(CC(CC(=O)O)C(=O)c2ccc(F)cc2)C1. The number of carbonyl (C=O) groups excluding carboxylic acids is 1. The third kappa shape index (κ3) is 4.63. The molecule has 0 saturated carbocycles. The maximum Gasteiger partial charge on any atom is 0.304 e. The van der Waals surface area contributed by atoms with Crippen LogP contribution >= 0.6 is 0 Å². The van der Waals surface area contributed by atoms with E-state index < -0.39 is 17.7 Å². The molecule has 1 N–H and O–H groups in total. The van der Waals surface area contributed by atoms with Gasteiger partial charge in [0.05, 0.1) is 6.42 Å². The van der Waals surface area contributed by atoms with Crippen LogP contribution in [-0.4, -0.2) is 41.4 Å². The second-order valence-electron chi connectivity index (χ2n) is 6.17. The van der Waals surface area contributed by atoms with Crippen LogP contribution in [0.25, 0.3) is 0 Å². The summed E-state index contributed by atoms with van der Waals surface area (Å²) < 4.78 is 13.0. The summed E-state index contributed by atoms with van der Waals surface area (Å²) in [5, 5.41) is 9.07. The lowest BCUT2D eigenvalue weighted by molar-refractivity contribution is -0.137. The Morgan fingerprint density at radius 3 is 2.64 bits per heavy atom. The van der Waals surface area contributed by atoms with Crippen molar-refractivity contribution < 1.29 is 19.1 Å². The number of rotatable bonds is 6. The van der Waals surface area contributed by atoms with Gasteiger partial charge in [-0.15, -0.1) is 0 Å². The Bertz CT molecular complexity index is 529. The molecule has 1 aromatic carbocycles. The third-order valence-electron chi connectivity index (χ3n) is 4.14. The number of nitrogens with zero attached hydrogens (tertiary/aromatic N) is 1. The molecule has 1 aliphatic rings. The van der Waals surface area contributed by atoms with Gasteiger partial charge < -0.3 is 10.0 Å². The monoisotopic (exact) mass is 307 g/mol. The Morgan fingerprint density at radius 2 is 2.05 bits per heavy atom. The number of ketones is 1. The Kier molecular flexibility index (Phi) is 5.66. The van der Waals surface area contributed by atoms with E-state index in [2.05, 4.69) is 11.8 Å². The van der Waals surface area contributed by atoms with Crippen molar-refractivity contribution in [3.63, 3.8) is 0 Å². The van der Waals surface area contributed by atoms with E-state index >= 15 is 0 Å². The molecule has 1 heterocycles. The Balaban J connectivity index is 2.09. The number of Topliss-reactive ketones (excluding diaryl/α,β-unsaturated/α-hetero) is 1. The summed E-state index contributed by atoms with van der Waals surface area (Å²) in [6.45, 7) is 4.41. The number of hydrogen-bond acceptors (Lipinski definition) is 3. The van der Waals surface area contributed by atoms with Crippen LogP contribution in [0.2, 0.25) is 0 Å². The lowest BCUT2D eigenvalue weighted by atomic mass is 9.92. The number of carbonyl (C=O) groups is 2. The minimum Gasteiger partial charge on any atom is -0.481 e. The quantitative estimate of drug-likeness (QED) is 0.821. The largest absolute Gasteiger partial charge is 0.481 e. The highest BCUT2D eigenvalue weighted by molar-refractivity contribution is 5.99. The van der Waals surface area contributed by atoms with Crippen LogP contribution in [-0.2, 0) is 4.79 Å². The lowest BCUT2D eigenvalue weighted by Gasteiger charge is -2.33. The lowest BCUT2D eigenvalue weighted by Crippen LogP contribution is -2.40.